The molecule has 1 aliphatic rings. The lowest BCUT2D eigenvalue weighted by Gasteiger charge is -2.07. The highest BCUT2D eigenvalue weighted by Crippen LogP contribution is 2.03. The van der Waals surface area contributed by atoms with E-state index in [4.69, 9.17) is 5.26 Å². The summed E-state index contributed by atoms with van der Waals surface area (Å²) in [5.74, 6) is -0.0518. The highest BCUT2D eigenvalue weighted by molar-refractivity contribution is 5.82. The van der Waals surface area contributed by atoms with E-state index >= 15 is 0 Å². The second-order valence-electron chi connectivity index (χ2n) is 2.52. The van der Waals surface area contributed by atoms with Crippen molar-refractivity contribution in [2.45, 2.75) is 18.9 Å². The number of carbonyl (C=O) groups is 1. The number of hydrogen-bond acceptors (Lipinski definition) is 3. The Kier molecular flexibility index (Phi) is 2.87. The van der Waals surface area contributed by atoms with Gasteiger partial charge in [-0.25, -0.2) is 0 Å². The van der Waals surface area contributed by atoms with Gasteiger partial charge in [-0.3, -0.25) is 4.79 Å². The molecule has 4 nitrogen and oxygen atoms in total. The van der Waals surface area contributed by atoms with Crippen LogP contribution in [-0.4, -0.2) is 25.0 Å². The van der Waals surface area contributed by atoms with Crippen molar-refractivity contribution >= 4 is 5.91 Å². The summed E-state index contributed by atoms with van der Waals surface area (Å²) in [6, 6.07) is 1.80. The standard InChI is InChI=1S/C7H11N3O/c8-3-5-10-7(11)6-2-1-4-9-6/h6,9H,1-2,4-5H2,(H,10,11)/t6-/m0/s1. The van der Waals surface area contributed by atoms with E-state index in [0.29, 0.717) is 0 Å². The van der Waals surface area contributed by atoms with Crippen LogP contribution in [0.3, 0.4) is 0 Å². The fourth-order valence-corrected chi connectivity index (χ4v) is 1.16. The van der Waals surface area contributed by atoms with Crippen molar-refractivity contribution in [1.82, 2.24) is 10.6 Å². The molecule has 4 heteroatoms. The first-order valence-electron chi connectivity index (χ1n) is 3.72. The van der Waals surface area contributed by atoms with Crippen LogP contribution in [0, 0.1) is 11.3 Å². The molecule has 1 amide bonds. The predicted octanol–water partition coefficient (Wildman–Crippen LogP) is -0.622. The van der Waals surface area contributed by atoms with Gasteiger partial charge in [0, 0.05) is 0 Å². The van der Waals surface area contributed by atoms with Crippen LogP contribution >= 0.6 is 0 Å². The lowest BCUT2D eigenvalue weighted by Crippen LogP contribution is -2.40. The number of hydrogen-bond donors (Lipinski definition) is 2. The van der Waals surface area contributed by atoms with Crippen LogP contribution in [-0.2, 0) is 4.79 Å². The summed E-state index contributed by atoms with van der Waals surface area (Å²) in [5.41, 5.74) is 0. The van der Waals surface area contributed by atoms with Gasteiger partial charge >= 0.3 is 0 Å². The summed E-state index contributed by atoms with van der Waals surface area (Å²) in [6.45, 7) is 1.02. The number of nitrogens with one attached hydrogen (secondary N) is 2. The number of nitrogens with zero attached hydrogens (tertiary/aromatic N) is 1. The van der Waals surface area contributed by atoms with Gasteiger partial charge in [0.25, 0.3) is 0 Å². The zero-order valence-electron chi connectivity index (χ0n) is 6.26. The molecule has 2 N–H and O–H groups in total. The molecular formula is C7H11N3O. The van der Waals surface area contributed by atoms with Gasteiger partial charge in [-0.2, -0.15) is 5.26 Å². The quantitative estimate of drug-likeness (QED) is 0.519. The molecule has 1 fully saturated rings. The van der Waals surface area contributed by atoms with Gasteiger partial charge < -0.3 is 10.6 Å². The van der Waals surface area contributed by atoms with Gasteiger partial charge in [0.15, 0.2) is 0 Å². The van der Waals surface area contributed by atoms with Crippen LogP contribution in [0.2, 0.25) is 0 Å². The van der Waals surface area contributed by atoms with Crippen molar-refractivity contribution < 1.29 is 4.79 Å². The van der Waals surface area contributed by atoms with Crippen LogP contribution < -0.4 is 10.6 Å². The molecule has 11 heavy (non-hydrogen) atoms. The molecule has 0 radical (unpaired) electrons. The van der Waals surface area contributed by atoms with Crippen molar-refractivity contribution in [2.75, 3.05) is 13.1 Å². The first-order valence-corrected chi connectivity index (χ1v) is 3.72. The number of amides is 1. The van der Waals surface area contributed by atoms with Crippen LogP contribution in [0.5, 0.6) is 0 Å². The Morgan fingerprint density at radius 1 is 1.82 bits per heavy atom. The van der Waals surface area contributed by atoms with Gasteiger partial charge in [-0.1, -0.05) is 0 Å². The zero-order valence-corrected chi connectivity index (χ0v) is 6.26. The monoisotopic (exact) mass is 153 g/mol. The van der Waals surface area contributed by atoms with Gasteiger partial charge in [0.05, 0.1) is 12.1 Å². The third-order valence-corrected chi connectivity index (χ3v) is 1.72. The number of carbonyl (C=O) groups excluding carboxylic acids is 1. The van der Waals surface area contributed by atoms with E-state index in [1.807, 2.05) is 6.07 Å². The smallest absolute Gasteiger partial charge is 0.237 e. The third-order valence-electron chi connectivity index (χ3n) is 1.72. The topological polar surface area (TPSA) is 64.9 Å². The molecule has 0 aromatic heterocycles. The second kappa shape index (κ2) is 3.94. The molecule has 0 aromatic rings. The van der Waals surface area contributed by atoms with Crippen LogP contribution in [0.25, 0.3) is 0 Å². The molecule has 1 atom stereocenters. The van der Waals surface area contributed by atoms with Crippen molar-refractivity contribution in [3.8, 4) is 6.07 Å². The fourth-order valence-electron chi connectivity index (χ4n) is 1.16. The predicted molar refractivity (Wildman–Crippen MR) is 39.6 cm³/mol. The molecule has 1 aliphatic heterocycles. The lowest BCUT2D eigenvalue weighted by molar-refractivity contribution is -0.122. The van der Waals surface area contributed by atoms with E-state index < -0.39 is 0 Å². The largest absolute Gasteiger partial charge is 0.342 e. The first kappa shape index (κ1) is 8.02. The maximum absolute atomic E-state index is 11.1. The minimum absolute atomic E-state index is 0.0518. The minimum Gasteiger partial charge on any atom is -0.342 e. The highest BCUT2D eigenvalue weighted by Gasteiger charge is 2.20. The molecule has 0 spiro atoms. The molecule has 0 aromatic carbocycles. The third kappa shape index (κ3) is 2.20. The summed E-state index contributed by atoms with van der Waals surface area (Å²) < 4.78 is 0. The van der Waals surface area contributed by atoms with Gasteiger partial charge in [-0.15, -0.1) is 0 Å². The second-order valence-corrected chi connectivity index (χ2v) is 2.52. The van der Waals surface area contributed by atoms with E-state index in [-0.39, 0.29) is 18.5 Å². The van der Waals surface area contributed by atoms with Crippen LogP contribution in [0.15, 0.2) is 0 Å². The highest BCUT2D eigenvalue weighted by atomic mass is 16.2. The van der Waals surface area contributed by atoms with Crippen molar-refractivity contribution in [3.63, 3.8) is 0 Å². The molecule has 1 rings (SSSR count). The van der Waals surface area contributed by atoms with E-state index in [1.165, 1.54) is 0 Å². The Morgan fingerprint density at radius 3 is 3.18 bits per heavy atom. The fraction of sp³-hybridized carbons (Fsp3) is 0.714. The van der Waals surface area contributed by atoms with E-state index in [0.717, 1.165) is 19.4 Å². The molecule has 0 bridgehead atoms. The maximum atomic E-state index is 11.1. The molecule has 1 saturated heterocycles. The Bertz CT molecular complexity index is 179. The molecule has 0 aliphatic carbocycles. The van der Waals surface area contributed by atoms with Crippen LogP contribution in [0.4, 0.5) is 0 Å². The average Bonchev–Trinajstić information content (AvgIpc) is 2.52. The maximum Gasteiger partial charge on any atom is 0.237 e. The van der Waals surface area contributed by atoms with Crippen molar-refractivity contribution in [1.29, 1.82) is 5.26 Å². The molecule has 0 saturated carbocycles. The molecule has 0 unspecified atom stereocenters. The van der Waals surface area contributed by atoms with E-state index in [2.05, 4.69) is 10.6 Å². The minimum atomic E-state index is -0.0663. The normalized spacial score (nSPS) is 22.6. The molecule has 60 valence electrons. The Hall–Kier alpha value is -1.08. The van der Waals surface area contributed by atoms with Gasteiger partial charge in [-0.05, 0) is 19.4 Å². The molecular weight excluding hydrogens is 142 g/mol. The Labute approximate surface area is 65.6 Å². The van der Waals surface area contributed by atoms with Crippen molar-refractivity contribution in [2.24, 2.45) is 0 Å². The van der Waals surface area contributed by atoms with E-state index in [1.54, 1.807) is 0 Å². The summed E-state index contributed by atoms with van der Waals surface area (Å²) >= 11 is 0. The summed E-state index contributed by atoms with van der Waals surface area (Å²) in [5, 5.41) is 13.7. The Morgan fingerprint density at radius 2 is 2.64 bits per heavy atom. The van der Waals surface area contributed by atoms with Gasteiger partial charge in [0.2, 0.25) is 5.91 Å². The van der Waals surface area contributed by atoms with Crippen LogP contribution in [0.1, 0.15) is 12.8 Å². The van der Waals surface area contributed by atoms with Crippen molar-refractivity contribution in [3.05, 3.63) is 0 Å². The average molecular weight is 153 g/mol. The zero-order chi connectivity index (χ0) is 8.10. The first-order chi connectivity index (χ1) is 5.34. The number of rotatable bonds is 2. The molecule has 1 heterocycles. The van der Waals surface area contributed by atoms with E-state index in [9.17, 15) is 4.79 Å². The number of nitriles is 1. The lowest BCUT2D eigenvalue weighted by atomic mass is 10.2. The summed E-state index contributed by atoms with van der Waals surface area (Å²) in [6.07, 6.45) is 1.93. The summed E-state index contributed by atoms with van der Waals surface area (Å²) in [4.78, 5) is 11.1. The SMILES string of the molecule is N#CCNC(=O)[C@@H]1CCCN1. The Balaban J connectivity index is 2.24. The van der Waals surface area contributed by atoms with Gasteiger partial charge in [0.1, 0.15) is 6.54 Å². The summed E-state index contributed by atoms with van der Waals surface area (Å²) in [7, 11) is 0.